The smallest absolute Gasteiger partial charge is 0.232 e. The topological polar surface area (TPSA) is 68.1 Å². The molecule has 0 saturated heterocycles. The van der Waals surface area contributed by atoms with E-state index < -0.39 is 9.84 Å². The molecule has 24 heavy (non-hydrogen) atoms. The third-order valence-corrected chi connectivity index (χ3v) is 5.19. The maximum Gasteiger partial charge on any atom is 0.232 e. The molecule has 0 spiro atoms. The van der Waals surface area contributed by atoms with Gasteiger partial charge in [0.25, 0.3) is 0 Å². The van der Waals surface area contributed by atoms with E-state index in [-0.39, 0.29) is 10.9 Å². The third-order valence-electron chi connectivity index (χ3n) is 3.64. The lowest BCUT2D eigenvalue weighted by atomic mass is 10.2. The molecule has 1 aromatic carbocycles. The molecule has 3 aromatic rings. The Labute approximate surface area is 141 Å². The first kappa shape index (κ1) is 16.2. The number of rotatable bonds is 5. The number of hydrogen-bond donors (Lipinski definition) is 0. The van der Waals surface area contributed by atoms with E-state index in [1.54, 1.807) is 35.3 Å². The highest BCUT2D eigenvalue weighted by molar-refractivity contribution is 7.90. The van der Waals surface area contributed by atoms with Gasteiger partial charge in [-0.25, -0.2) is 13.4 Å². The van der Waals surface area contributed by atoms with Crippen LogP contribution in [-0.4, -0.2) is 37.0 Å². The van der Waals surface area contributed by atoms with Crippen LogP contribution in [0, 0.1) is 0 Å². The monoisotopic (exact) mass is 342 g/mol. The average Bonchev–Trinajstić information content (AvgIpc) is 3.06. The minimum Gasteiger partial charge on any atom is -0.377 e. The van der Waals surface area contributed by atoms with Crippen molar-refractivity contribution >= 4 is 15.5 Å². The van der Waals surface area contributed by atoms with Crippen LogP contribution in [0.4, 0.5) is 5.69 Å². The molecule has 2 heterocycles. The minimum absolute atomic E-state index is 0.0299. The Kier molecular flexibility index (Phi) is 4.35. The Morgan fingerprint density at radius 2 is 1.75 bits per heavy atom. The summed E-state index contributed by atoms with van der Waals surface area (Å²) in [5, 5.41) is 0.0299. The lowest BCUT2D eigenvalue weighted by molar-refractivity contribution is 0.583. The Morgan fingerprint density at radius 1 is 1.04 bits per heavy atom. The Hall–Kier alpha value is -2.67. The summed E-state index contributed by atoms with van der Waals surface area (Å²) >= 11 is 0. The van der Waals surface area contributed by atoms with E-state index in [1.807, 2.05) is 43.3 Å². The maximum atomic E-state index is 12.9. The molecule has 0 N–H and O–H groups in total. The zero-order valence-corrected chi connectivity index (χ0v) is 14.3. The summed E-state index contributed by atoms with van der Waals surface area (Å²) in [6.07, 6.45) is 6.37. The maximum absolute atomic E-state index is 12.9. The largest absolute Gasteiger partial charge is 0.377 e. The number of anilines is 1. The molecular formula is C17H18N4O2S. The van der Waals surface area contributed by atoms with Gasteiger partial charge >= 0.3 is 0 Å². The second-order valence-corrected chi connectivity index (χ2v) is 7.45. The summed E-state index contributed by atoms with van der Waals surface area (Å²) in [5.74, 6) is -0.108. The third kappa shape index (κ3) is 3.16. The van der Waals surface area contributed by atoms with Gasteiger partial charge < -0.3 is 4.90 Å². The number of pyridine rings is 1. The number of nitrogens with zero attached hydrogens (tertiary/aromatic N) is 4. The van der Waals surface area contributed by atoms with Gasteiger partial charge in [0.15, 0.2) is 0 Å². The molecule has 0 aliphatic rings. The summed E-state index contributed by atoms with van der Waals surface area (Å²) in [4.78, 5) is 9.94. The average molecular weight is 342 g/mol. The van der Waals surface area contributed by atoms with Gasteiger partial charge in [-0.15, -0.1) is 0 Å². The Morgan fingerprint density at radius 3 is 2.46 bits per heavy atom. The van der Waals surface area contributed by atoms with Gasteiger partial charge in [-0.2, -0.15) is 0 Å². The number of aromatic nitrogens is 3. The van der Waals surface area contributed by atoms with Crippen LogP contribution in [0.5, 0.6) is 0 Å². The van der Waals surface area contributed by atoms with Crippen molar-refractivity contribution in [3.05, 3.63) is 66.7 Å². The van der Waals surface area contributed by atoms with Crippen LogP contribution >= 0.6 is 0 Å². The molecule has 0 aliphatic carbocycles. The van der Waals surface area contributed by atoms with Gasteiger partial charge in [0.1, 0.15) is 0 Å². The number of para-hydroxylation sites is 1. The summed E-state index contributed by atoms with van der Waals surface area (Å²) in [6.45, 7) is 0. The van der Waals surface area contributed by atoms with Crippen LogP contribution in [-0.2, 0) is 15.6 Å². The molecule has 0 bridgehead atoms. The van der Waals surface area contributed by atoms with Gasteiger partial charge in [-0.05, 0) is 23.8 Å². The van der Waals surface area contributed by atoms with Crippen LogP contribution in [0.2, 0.25) is 0 Å². The van der Waals surface area contributed by atoms with Gasteiger partial charge in [0.05, 0.1) is 11.4 Å². The molecule has 124 valence electrons. The Balaban J connectivity index is 2.01. The summed E-state index contributed by atoms with van der Waals surface area (Å²) in [6, 6.07) is 11.0. The molecule has 0 aliphatic heterocycles. The van der Waals surface area contributed by atoms with Crippen molar-refractivity contribution in [3.8, 4) is 5.69 Å². The fourth-order valence-electron chi connectivity index (χ4n) is 2.56. The summed E-state index contributed by atoms with van der Waals surface area (Å²) in [7, 11) is 0.184. The highest BCUT2D eigenvalue weighted by atomic mass is 32.2. The lowest BCUT2D eigenvalue weighted by Gasteiger charge is -2.17. The van der Waals surface area contributed by atoms with Crippen molar-refractivity contribution in [2.75, 3.05) is 19.0 Å². The number of hydrogen-bond acceptors (Lipinski definition) is 5. The van der Waals surface area contributed by atoms with E-state index in [4.69, 9.17) is 0 Å². The van der Waals surface area contributed by atoms with Crippen molar-refractivity contribution < 1.29 is 8.42 Å². The molecule has 7 heteroatoms. The van der Waals surface area contributed by atoms with E-state index in [0.717, 1.165) is 11.3 Å². The second kappa shape index (κ2) is 6.45. The normalized spacial score (nSPS) is 11.4. The second-order valence-electron chi connectivity index (χ2n) is 5.57. The predicted octanol–water partition coefficient (Wildman–Crippen LogP) is 2.31. The highest BCUT2D eigenvalue weighted by Gasteiger charge is 2.23. The van der Waals surface area contributed by atoms with E-state index >= 15 is 0 Å². The van der Waals surface area contributed by atoms with Gasteiger partial charge in [0.2, 0.25) is 15.0 Å². The molecule has 0 radical (unpaired) electrons. The fourth-order valence-corrected chi connectivity index (χ4v) is 4.03. The molecule has 0 saturated carbocycles. The molecule has 2 aromatic heterocycles. The molecular weight excluding hydrogens is 324 g/mol. The summed E-state index contributed by atoms with van der Waals surface area (Å²) in [5.41, 5.74) is 2.33. The van der Waals surface area contributed by atoms with E-state index in [9.17, 15) is 8.42 Å². The van der Waals surface area contributed by atoms with Crippen LogP contribution in [0.15, 0.2) is 66.3 Å². The van der Waals surface area contributed by atoms with Crippen LogP contribution < -0.4 is 4.90 Å². The van der Waals surface area contributed by atoms with E-state index in [2.05, 4.69) is 9.97 Å². The predicted molar refractivity (Wildman–Crippen MR) is 93.0 cm³/mol. The first-order valence-electron chi connectivity index (χ1n) is 7.41. The number of benzene rings is 1. The Bertz CT molecular complexity index is 934. The summed E-state index contributed by atoms with van der Waals surface area (Å²) < 4.78 is 27.4. The van der Waals surface area contributed by atoms with Crippen molar-refractivity contribution in [1.29, 1.82) is 0 Å². The van der Waals surface area contributed by atoms with Crippen LogP contribution in [0.1, 0.15) is 5.56 Å². The van der Waals surface area contributed by atoms with Crippen molar-refractivity contribution in [3.63, 3.8) is 0 Å². The lowest BCUT2D eigenvalue weighted by Crippen LogP contribution is -2.16. The molecule has 0 amide bonds. The minimum atomic E-state index is -3.60. The quantitative estimate of drug-likeness (QED) is 0.712. The van der Waals surface area contributed by atoms with Gasteiger partial charge in [-0.3, -0.25) is 9.55 Å². The van der Waals surface area contributed by atoms with Crippen LogP contribution in [0.3, 0.4) is 0 Å². The fraction of sp³-hybridized carbons (Fsp3) is 0.176. The zero-order valence-electron chi connectivity index (χ0n) is 13.5. The van der Waals surface area contributed by atoms with E-state index in [0.29, 0.717) is 5.69 Å². The standard InChI is InChI=1S/C17H18N4O2S/c1-20(2)16-6-4-3-5-14(16)13-24(22,23)17-19-11-12-21(17)15-7-9-18-10-8-15/h3-12H,13H2,1-2H3. The molecule has 6 nitrogen and oxygen atoms in total. The van der Waals surface area contributed by atoms with Crippen LogP contribution in [0.25, 0.3) is 5.69 Å². The molecule has 0 atom stereocenters. The molecule has 0 fully saturated rings. The van der Waals surface area contributed by atoms with Gasteiger partial charge in [-0.1, -0.05) is 18.2 Å². The number of imidazole rings is 1. The van der Waals surface area contributed by atoms with Crippen molar-refractivity contribution in [2.45, 2.75) is 10.9 Å². The van der Waals surface area contributed by atoms with E-state index in [1.165, 1.54) is 6.20 Å². The molecule has 3 rings (SSSR count). The number of sulfone groups is 1. The first-order valence-corrected chi connectivity index (χ1v) is 9.06. The first-order chi connectivity index (χ1) is 11.5. The SMILES string of the molecule is CN(C)c1ccccc1CS(=O)(=O)c1nccn1-c1ccncc1. The molecule has 0 unspecified atom stereocenters. The zero-order chi connectivity index (χ0) is 17.2. The van der Waals surface area contributed by atoms with Crippen molar-refractivity contribution in [1.82, 2.24) is 14.5 Å². The van der Waals surface area contributed by atoms with Gasteiger partial charge in [0, 0.05) is 44.6 Å². The van der Waals surface area contributed by atoms with Crippen molar-refractivity contribution in [2.24, 2.45) is 0 Å². The highest BCUT2D eigenvalue weighted by Crippen LogP contribution is 2.24.